The van der Waals surface area contributed by atoms with E-state index in [2.05, 4.69) is 81.5 Å². The molecule has 0 spiro atoms. The fourth-order valence-corrected chi connectivity index (χ4v) is 7.73. The molecule has 0 aliphatic carbocycles. The Kier molecular flexibility index (Phi) is 51.3. The molecule has 65 heavy (non-hydrogen) atoms. The van der Waals surface area contributed by atoms with Crippen LogP contribution in [0.3, 0.4) is 0 Å². The predicted octanol–water partition coefficient (Wildman–Crippen LogP) is 18.4. The van der Waals surface area contributed by atoms with Gasteiger partial charge in [0.1, 0.15) is 13.2 Å². The van der Waals surface area contributed by atoms with Crippen molar-refractivity contribution in [2.75, 3.05) is 13.2 Å². The molecule has 0 unspecified atom stereocenters. The minimum absolute atomic E-state index is 0.0868. The second-order valence-electron chi connectivity index (χ2n) is 18.5. The standard InChI is InChI=1S/C59H104O6/c1-4-7-10-13-16-19-22-25-28-29-32-34-37-40-43-46-49-52-58(61)64-55-56(65-59(62)53-50-47-44-41-38-35-31-27-24-21-18-15-12-9-6-3)54-63-57(60)51-48-45-42-39-36-33-30-26-23-20-17-14-11-8-5-2/h16,19,21,24-26,28,30,32,34,56H,4-15,17-18,20,22-23,27,29,31,33,35-55H2,1-3H3/b19-16-,24-21-,28-25-,30-26-,34-32-/t56-/m0/s1. The van der Waals surface area contributed by atoms with Crippen LogP contribution in [0.5, 0.6) is 0 Å². The summed E-state index contributed by atoms with van der Waals surface area (Å²) in [7, 11) is 0. The van der Waals surface area contributed by atoms with Gasteiger partial charge in [-0.05, 0) is 109 Å². The average Bonchev–Trinajstić information content (AvgIpc) is 3.30. The summed E-state index contributed by atoms with van der Waals surface area (Å²) >= 11 is 0. The van der Waals surface area contributed by atoms with Gasteiger partial charge in [-0.1, -0.05) is 210 Å². The zero-order valence-electron chi connectivity index (χ0n) is 43.0. The summed E-state index contributed by atoms with van der Waals surface area (Å²) in [5.41, 5.74) is 0. The van der Waals surface area contributed by atoms with E-state index in [1.54, 1.807) is 0 Å². The third-order valence-electron chi connectivity index (χ3n) is 12.0. The van der Waals surface area contributed by atoms with Gasteiger partial charge >= 0.3 is 17.9 Å². The van der Waals surface area contributed by atoms with Crippen molar-refractivity contribution in [3.63, 3.8) is 0 Å². The van der Waals surface area contributed by atoms with Gasteiger partial charge in [0, 0.05) is 19.3 Å². The molecule has 0 radical (unpaired) electrons. The molecule has 0 heterocycles. The highest BCUT2D eigenvalue weighted by molar-refractivity contribution is 5.71. The van der Waals surface area contributed by atoms with Crippen LogP contribution < -0.4 is 0 Å². The first-order chi connectivity index (χ1) is 32.0. The lowest BCUT2D eigenvalue weighted by atomic mass is 10.1. The highest BCUT2D eigenvalue weighted by atomic mass is 16.6. The molecule has 1 atom stereocenters. The normalized spacial score (nSPS) is 12.5. The lowest BCUT2D eigenvalue weighted by molar-refractivity contribution is -0.167. The maximum atomic E-state index is 12.8. The van der Waals surface area contributed by atoms with Crippen LogP contribution in [0, 0.1) is 0 Å². The molecule has 0 aromatic rings. The zero-order chi connectivity index (χ0) is 47.2. The van der Waals surface area contributed by atoms with E-state index in [1.807, 2.05) is 0 Å². The summed E-state index contributed by atoms with van der Waals surface area (Å²) in [5, 5.41) is 0. The molecule has 0 aliphatic heterocycles. The average molecular weight is 909 g/mol. The summed E-state index contributed by atoms with van der Waals surface area (Å²) in [6, 6.07) is 0. The van der Waals surface area contributed by atoms with Gasteiger partial charge in [-0.25, -0.2) is 0 Å². The van der Waals surface area contributed by atoms with E-state index in [-0.39, 0.29) is 31.1 Å². The second-order valence-corrected chi connectivity index (χ2v) is 18.5. The van der Waals surface area contributed by atoms with E-state index >= 15 is 0 Å². The molecule has 0 saturated heterocycles. The summed E-state index contributed by atoms with van der Waals surface area (Å²) in [6.45, 7) is 6.58. The Morgan fingerprint density at radius 1 is 0.308 bits per heavy atom. The van der Waals surface area contributed by atoms with Crippen LogP contribution in [0.15, 0.2) is 60.8 Å². The van der Waals surface area contributed by atoms with Crippen molar-refractivity contribution in [2.24, 2.45) is 0 Å². The predicted molar refractivity (Wildman–Crippen MR) is 279 cm³/mol. The third kappa shape index (κ3) is 51.9. The zero-order valence-corrected chi connectivity index (χ0v) is 43.0. The van der Waals surface area contributed by atoms with E-state index in [9.17, 15) is 14.4 Å². The minimum Gasteiger partial charge on any atom is -0.462 e. The molecule has 0 aromatic heterocycles. The second kappa shape index (κ2) is 53.7. The van der Waals surface area contributed by atoms with Crippen LogP contribution >= 0.6 is 0 Å². The molecule has 0 amide bonds. The first-order valence-electron chi connectivity index (χ1n) is 27.8. The van der Waals surface area contributed by atoms with Gasteiger partial charge in [0.2, 0.25) is 0 Å². The van der Waals surface area contributed by atoms with E-state index in [0.29, 0.717) is 19.3 Å². The van der Waals surface area contributed by atoms with Crippen molar-refractivity contribution in [1.29, 1.82) is 0 Å². The summed E-state index contributed by atoms with van der Waals surface area (Å²) in [6.07, 6.45) is 66.3. The van der Waals surface area contributed by atoms with Crippen molar-refractivity contribution in [3.8, 4) is 0 Å². The monoisotopic (exact) mass is 909 g/mol. The Labute approximate surface area is 402 Å². The van der Waals surface area contributed by atoms with E-state index in [0.717, 1.165) is 89.9 Å². The summed E-state index contributed by atoms with van der Waals surface area (Å²) < 4.78 is 16.8. The van der Waals surface area contributed by atoms with Crippen molar-refractivity contribution < 1.29 is 28.6 Å². The van der Waals surface area contributed by atoms with Gasteiger partial charge in [0.05, 0.1) is 0 Å². The van der Waals surface area contributed by atoms with Crippen LogP contribution in [0.1, 0.15) is 278 Å². The lowest BCUT2D eigenvalue weighted by Crippen LogP contribution is -2.30. The van der Waals surface area contributed by atoms with E-state index in [4.69, 9.17) is 14.2 Å². The number of hydrogen-bond acceptors (Lipinski definition) is 6. The first-order valence-corrected chi connectivity index (χ1v) is 27.8. The molecule has 6 heteroatoms. The van der Waals surface area contributed by atoms with Crippen LogP contribution in [-0.2, 0) is 28.6 Å². The van der Waals surface area contributed by atoms with E-state index in [1.165, 1.54) is 148 Å². The Bertz CT molecular complexity index is 1180. The van der Waals surface area contributed by atoms with Crippen LogP contribution in [0.4, 0.5) is 0 Å². The number of allylic oxidation sites excluding steroid dienone is 10. The molecular weight excluding hydrogens is 805 g/mol. The Hall–Kier alpha value is -2.89. The molecule has 0 fully saturated rings. The quantitative estimate of drug-likeness (QED) is 0.0262. The molecule has 0 aromatic carbocycles. The third-order valence-corrected chi connectivity index (χ3v) is 12.0. The molecule has 6 nitrogen and oxygen atoms in total. The van der Waals surface area contributed by atoms with E-state index < -0.39 is 6.10 Å². The number of rotatable bonds is 50. The van der Waals surface area contributed by atoms with Crippen molar-refractivity contribution in [2.45, 2.75) is 284 Å². The topological polar surface area (TPSA) is 78.9 Å². The van der Waals surface area contributed by atoms with Crippen LogP contribution in [0.2, 0.25) is 0 Å². The number of carbonyl (C=O) groups is 3. The Balaban J connectivity index is 4.43. The molecule has 0 bridgehead atoms. The molecular formula is C59H104O6. The van der Waals surface area contributed by atoms with Gasteiger partial charge in [-0.15, -0.1) is 0 Å². The largest absolute Gasteiger partial charge is 0.462 e. The Morgan fingerprint density at radius 2 is 0.554 bits per heavy atom. The van der Waals surface area contributed by atoms with Gasteiger partial charge in [-0.3, -0.25) is 14.4 Å². The summed E-state index contributed by atoms with van der Waals surface area (Å²) in [4.78, 5) is 38.1. The number of unbranched alkanes of at least 4 members (excludes halogenated alkanes) is 29. The highest BCUT2D eigenvalue weighted by Gasteiger charge is 2.19. The molecule has 0 N–H and O–H groups in total. The maximum Gasteiger partial charge on any atom is 0.306 e. The van der Waals surface area contributed by atoms with Gasteiger partial charge in [0.15, 0.2) is 6.10 Å². The fraction of sp³-hybridized carbons (Fsp3) is 0.780. The molecule has 0 rings (SSSR count). The van der Waals surface area contributed by atoms with Gasteiger partial charge in [0.25, 0.3) is 0 Å². The fourth-order valence-electron chi connectivity index (χ4n) is 7.73. The van der Waals surface area contributed by atoms with Crippen molar-refractivity contribution in [3.05, 3.63) is 60.8 Å². The number of esters is 3. The van der Waals surface area contributed by atoms with Crippen LogP contribution in [0.25, 0.3) is 0 Å². The van der Waals surface area contributed by atoms with Gasteiger partial charge < -0.3 is 14.2 Å². The Morgan fingerprint density at radius 3 is 0.923 bits per heavy atom. The lowest BCUT2D eigenvalue weighted by Gasteiger charge is -2.18. The molecule has 0 aliphatic rings. The smallest absolute Gasteiger partial charge is 0.306 e. The van der Waals surface area contributed by atoms with Crippen LogP contribution in [-0.4, -0.2) is 37.2 Å². The molecule has 0 saturated carbocycles. The first kappa shape index (κ1) is 62.1. The highest BCUT2D eigenvalue weighted by Crippen LogP contribution is 2.14. The minimum atomic E-state index is -0.788. The maximum absolute atomic E-state index is 12.8. The number of ether oxygens (including phenoxy) is 3. The SMILES string of the molecule is CCCCC/C=C\C/C=C\C/C=C\CCCCCCC(=O)OC[C@H](COC(=O)CCCCCCC/C=C\CCCCCCCC)OC(=O)CCCCCCCCC/C=C\CCCCCC. The van der Waals surface area contributed by atoms with Crippen molar-refractivity contribution in [1.82, 2.24) is 0 Å². The van der Waals surface area contributed by atoms with Gasteiger partial charge in [-0.2, -0.15) is 0 Å². The summed E-state index contributed by atoms with van der Waals surface area (Å²) in [5.74, 6) is -0.913. The number of carbonyl (C=O) groups excluding carboxylic acids is 3. The molecule has 376 valence electrons. The van der Waals surface area contributed by atoms with Crippen molar-refractivity contribution >= 4 is 17.9 Å². The number of hydrogen-bond donors (Lipinski definition) is 0.